The molecule has 4 nitrogen and oxygen atoms in total. The van der Waals surface area contributed by atoms with E-state index in [4.69, 9.17) is 4.74 Å². The van der Waals surface area contributed by atoms with Crippen LogP contribution in [0.15, 0.2) is 0 Å². The summed E-state index contributed by atoms with van der Waals surface area (Å²) in [7, 11) is 1.40. The van der Waals surface area contributed by atoms with E-state index in [1.165, 1.54) is 20.0 Å². The zero-order valence-corrected chi connectivity index (χ0v) is 14.0. The van der Waals surface area contributed by atoms with Crippen molar-refractivity contribution in [1.29, 1.82) is 0 Å². The van der Waals surface area contributed by atoms with E-state index in [1.807, 2.05) is 0 Å². The molecule has 0 radical (unpaired) electrons. The van der Waals surface area contributed by atoms with E-state index in [2.05, 4.69) is 0 Å². The molecule has 2 aliphatic carbocycles. The first-order chi connectivity index (χ1) is 10.5. The molecule has 0 aromatic rings. The number of carbonyl (C=O) groups is 1. The van der Waals surface area contributed by atoms with Crippen LogP contribution < -0.4 is 0 Å². The predicted octanol–water partition coefficient (Wildman–Crippen LogP) is 3.34. The summed E-state index contributed by atoms with van der Waals surface area (Å²) in [4.78, 5) is 11.5. The molecule has 0 amide bonds. The molecule has 2 fully saturated rings. The highest BCUT2D eigenvalue weighted by Crippen LogP contribution is 2.43. The Morgan fingerprint density at radius 3 is 2.09 bits per heavy atom. The van der Waals surface area contributed by atoms with Gasteiger partial charge in [0.1, 0.15) is 0 Å². The van der Waals surface area contributed by atoms with Gasteiger partial charge in [-0.05, 0) is 44.4 Å². The summed E-state index contributed by atoms with van der Waals surface area (Å²) in [6.45, 7) is 0. The maximum Gasteiger partial charge on any atom is 0.305 e. The molecule has 0 spiro atoms. The van der Waals surface area contributed by atoms with Crippen LogP contribution in [0.5, 0.6) is 0 Å². The number of esters is 1. The summed E-state index contributed by atoms with van der Waals surface area (Å²) in [6.07, 6.45) is 11.4. The minimum atomic E-state index is -0.709. The Bertz CT molecular complexity index is 354. The Morgan fingerprint density at radius 1 is 1.00 bits per heavy atom. The molecule has 1 atom stereocenters. The number of carbonyl (C=O) groups excluding carboxylic acids is 1. The van der Waals surface area contributed by atoms with Crippen LogP contribution in [0, 0.1) is 5.92 Å². The van der Waals surface area contributed by atoms with E-state index >= 15 is 0 Å². The van der Waals surface area contributed by atoms with E-state index in [1.54, 1.807) is 0 Å². The van der Waals surface area contributed by atoms with Gasteiger partial charge in [0.2, 0.25) is 0 Å². The summed E-state index contributed by atoms with van der Waals surface area (Å²) < 4.78 is 4.75. The van der Waals surface area contributed by atoms with Crippen LogP contribution in [0.3, 0.4) is 0 Å². The second-order valence-corrected chi connectivity index (χ2v) is 7.47. The fourth-order valence-electron chi connectivity index (χ4n) is 4.40. The highest BCUT2D eigenvalue weighted by Gasteiger charge is 2.42. The second kappa shape index (κ2) is 7.78. The molecule has 2 N–H and O–H groups in total. The van der Waals surface area contributed by atoms with Crippen molar-refractivity contribution in [3.8, 4) is 0 Å². The van der Waals surface area contributed by atoms with Gasteiger partial charge >= 0.3 is 5.97 Å². The predicted molar refractivity (Wildman–Crippen MR) is 85.4 cm³/mol. The maximum absolute atomic E-state index is 11.5. The van der Waals surface area contributed by atoms with E-state index in [9.17, 15) is 15.0 Å². The topological polar surface area (TPSA) is 66.8 Å². The quantitative estimate of drug-likeness (QED) is 0.738. The lowest BCUT2D eigenvalue weighted by Gasteiger charge is -2.44. The Balaban J connectivity index is 2.04. The molecule has 0 saturated heterocycles. The minimum Gasteiger partial charge on any atom is -0.469 e. The zero-order chi connectivity index (χ0) is 16.1. The Labute approximate surface area is 134 Å². The lowest BCUT2D eigenvalue weighted by molar-refractivity contribution is -0.142. The van der Waals surface area contributed by atoms with Gasteiger partial charge in [0.05, 0.1) is 18.3 Å². The minimum absolute atomic E-state index is 0.00463. The van der Waals surface area contributed by atoms with Crippen molar-refractivity contribution in [3.05, 3.63) is 0 Å². The third-order valence-corrected chi connectivity index (χ3v) is 5.81. The highest BCUT2D eigenvalue weighted by molar-refractivity contribution is 5.69. The summed E-state index contributed by atoms with van der Waals surface area (Å²) >= 11 is 0. The molecule has 0 bridgehead atoms. The molecule has 128 valence electrons. The molecule has 0 aromatic carbocycles. The lowest BCUT2D eigenvalue weighted by atomic mass is 9.67. The number of rotatable bonds is 6. The van der Waals surface area contributed by atoms with Crippen molar-refractivity contribution in [2.24, 2.45) is 5.92 Å². The van der Waals surface area contributed by atoms with Gasteiger partial charge in [-0.15, -0.1) is 0 Å². The Hall–Kier alpha value is -0.610. The van der Waals surface area contributed by atoms with Crippen molar-refractivity contribution in [1.82, 2.24) is 0 Å². The first kappa shape index (κ1) is 17.7. The summed E-state index contributed by atoms with van der Waals surface area (Å²) in [5.41, 5.74) is -1.36. The molecule has 4 heteroatoms. The standard InChI is InChI=1S/C18H32O4/c1-22-16(19)9-8-15(18(21)12-6-3-7-13-18)14-17(20)10-4-2-5-11-17/h15,20-21H,2-14H2,1H3. The summed E-state index contributed by atoms with van der Waals surface area (Å²) in [5.74, 6) is -0.227. The van der Waals surface area contributed by atoms with Gasteiger partial charge in [0, 0.05) is 6.42 Å². The van der Waals surface area contributed by atoms with E-state index in [-0.39, 0.29) is 11.9 Å². The van der Waals surface area contributed by atoms with Crippen LogP contribution >= 0.6 is 0 Å². The van der Waals surface area contributed by atoms with Crippen molar-refractivity contribution in [2.75, 3.05) is 7.11 Å². The Morgan fingerprint density at radius 2 is 1.55 bits per heavy atom. The van der Waals surface area contributed by atoms with Crippen LogP contribution in [0.25, 0.3) is 0 Å². The smallest absolute Gasteiger partial charge is 0.305 e. The van der Waals surface area contributed by atoms with Gasteiger partial charge in [-0.2, -0.15) is 0 Å². The highest BCUT2D eigenvalue weighted by atomic mass is 16.5. The van der Waals surface area contributed by atoms with Crippen molar-refractivity contribution in [3.63, 3.8) is 0 Å². The Kier molecular flexibility index (Phi) is 6.27. The fraction of sp³-hybridized carbons (Fsp3) is 0.944. The van der Waals surface area contributed by atoms with E-state index in [0.717, 1.165) is 51.4 Å². The fourth-order valence-corrected chi connectivity index (χ4v) is 4.40. The molecule has 1 unspecified atom stereocenters. The van der Waals surface area contributed by atoms with Gasteiger partial charge in [0.25, 0.3) is 0 Å². The normalized spacial score (nSPS) is 25.4. The van der Waals surface area contributed by atoms with Crippen LogP contribution in [0.4, 0.5) is 0 Å². The number of aliphatic hydroxyl groups is 2. The first-order valence-corrected chi connectivity index (χ1v) is 8.99. The molecule has 0 aromatic heterocycles. The molecule has 2 saturated carbocycles. The molecule has 0 aliphatic heterocycles. The monoisotopic (exact) mass is 312 g/mol. The molecule has 2 rings (SSSR count). The summed E-state index contributed by atoms with van der Waals surface area (Å²) in [5, 5.41) is 22.0. The van der Waals surface area contributed by atoms with Gasteiger partial charge in [-0.3, -0.25) is 4.79 Å². The number of hydrogen-bond acceptors (Lipinski definition) is 4. The van der Waals surface area contributed by atoms with Crippen LogP contribution in [-0.4, -0.2) is 34.5 Å². The largest absolute Gasteiger partial charge is 0.469 e. The SMILES string of the molecule is COC(=O)CCC(CC1(O)CCCCC1)C1(O)CCCCC1. The lowest BCUT2D eigenvalue weighted by Crippen LogP contribution is -2.45. The van der Waals surface area contributed by atoms with Crippen molar-refractivity contribution in [2.45, 2.75) is 94.7 Å². The first-order valence-electron chi connectivity index (χ1n) is 8.99. The maximum atomic E-state index is 11.5. The van der Waals surface area contributed by atoms with E-state index < -0.39 is 11.2 Å². The zero-order valence-electron chi connectivity index (χ0n) is 14.0. The molecule has 2 aliphatic rings. The molecule has 0 heterocycles. The molecular weight excluding hydrogens is 280 g/mol. The van der Waals surface area contributed by atoms with Crippen LogP contribution in [0.1, 0.15) is 83.5 Å². The number of ether oxygens (including phenoxy) is 1. The average molecular weight is 312 g/mol. The third-order valence-electron chi connectivity index (χ3n) is 5.81. The van der Waals surface area contributed by atoms with Crippen LogP contribution in [0.2, 0.25) is 0 Å². The number of hydrogen-bond donors (Lipinski definition) is 2. The van der Waals surface area contributed by atoms with Crippen LogP contribution in [-0.2, 0) is 9.53 Å². The van der Waals surface area contributed by atoms with Crippen molar-refractivity contribution < 1.29 is 19.7 Å². The average Bonchev–Trinajstić information content (AvgIpc) is 2.52. The van der Waals surface area contributed by atoms with E-state index in [0.29, 0.717) is 19.3 Å². The van der Waals surface area contributed by atoms with Gasteiger partial charge in [0.15, 0.2) is 0 Å². The molecular formula is C18H32O4. The van der Waals surface area contributed by atoms with Gasteiger partial charge in [-0.1, -0.05) is 38.5 Å². The third kappa shape index (κ3) is 4.69. The van der Waals surface area contributed by atoms with Gasteiger partial charge < -0.3 is 14.9 Å². The molecule has 22 heavy (non-hydrogen) atoms. The van der Waals surface area contributed by atoms with Crippen molar-refractivity contribution >= 4 is 5.97 Å². The second-order valence-electron chi connectivity index (χ2n) is 7.47. The summed E-state index contributed by atoms with van der Waals surface area (Å²) in [6, 6.07) is 0. The number of methoxy groups -OCH3 is 1. The van der Waals surface area contributed by atoms with Gasteiger partial charge in [-0.25, -0.2) is 0 Å².